The Morgan fingerprint density at radius 3 is 3.00 bits per heavy atom. The molecule has 0 saturated carbocycles. The highest BCUT2D eigenvalue weighted by molar-refractivity contribution is 6.31. The van der Waals surface area contributed by atoms with Crippen molar-refractivity contribution in [2.45, 2.75) is 13.3 Å². The summed E-state index contributed by atoms with van der Waals surface area (Å²) >= 11 is 6.14. The molecule has 0 atom stereocenters. The van der Waals surface area contributed by atoms with Crippen molar-refractivity contribution in [3.05, 3.63) is 40.6 Å². The highest BCUT2D eigenvalue weighted by atomic mass is 35.5. The van der Waals surface area contributed by atoms with Crippen molar-refractivity contribution in [2.24, 2.45) is 7.05 Å². The second-order valence-electron chi connectivity index (χ2n) is 4.75. The topological polar surface area (TPSA) is 14.2 Å². The maximum atomic E-state index is 6.14. The van der Waals surface area contributed by atoms with Crippen LogP contribution in [0.4, 0.5) is 0 Å². The molecule has 2 nitrogen and oxygen atoms in total. The number of hydrogen-bond donors (Lipinski definition) is 0. The SMILES string of the molecule is C/C1=C/COCCc2c1c1cc(Cl)ccc1n2C. The summed E-state index contributed by atoms with van der Waals surface area (Å²) in [6.07, 6.45) is 3.10. The Morgan fingerprint density at radius 1 is 1.33 bits per heavy atom. The second-order valence-corrected chi connectivity index (χ2v) is 5.19. The predicted octanol–water partition coefficient (Wildman–Crippen LogP) is 3.81. The smallest absolute Gasteiger partial charge is 0.0653 e. The molecular weight excluding hydrogens is 246 g/mol. The molecule has 1 aromatic carbocycles. The minimum atomic E-state index is 0.697. The third-order valence-corrected chi connectivity index (χ3v) is 3.90. The number of rotatable bonds is 0. The molecule has 0 fully saturated rings. The van der Waals surface area contributed by atoms with E-state index in [1.165, 1.54) is 27.7 Å². The summed E-state index contributed by atoms with van der Waals surface area (Å²) in [4.78, 5) is 0. The zero-order chi connectivity index (χ0) is 12.7. The summed E-state index contributed by atoms with van der Waals surface area (Å²) in [7, 11) is 2.12. The van der Waals surface area contributed by atoms with Gasteiger partial charge in [-0.15, -0.1) is 0 Å². The van der Waals surface area contributed by atoms with Crippen LogP contribution in [0.3, 0.4) is 0 Å². The highest BCUT2D eigenvalue weighted by Crippen LogP contribution is 2.33. The van der Waals surface area contributed by atoms with E-state index in [2.05, 4.69) is 36.7 Å². The van der Waals surface area contributed by atoms with Gasteiger partial charge in [0.05, 0.1) is 13.2 Å². The lowest BCUT2D eigenvalue weighted by molar-refractivity contribution is 0.164. The largest absolute Gasteiger partial charge is 0.377 e. The number of nitrogens with zero attached hydrogens (tertiary/aromatic N) is 1. The van der Waals surface area contributed by atoms with Crippen LogP contribution in [0.1, 0.15) is 18.2 Å². The summed E-state index contributed by atoms with van der Waals surface area (Å²) in [5.41, 5.74) is 5.18. The molecule has 0 amide bonds. The van der Waals surface area contributed by atoms with Gasteiger partial charge < -0.3 is 9.30 Å². The van der Waals surface area contributed by atoms with Crippen LogP contribution < -0.4 is 0 Å². The van der Waals surface area contributed by atoms with E-state index in [-0.39, 0.29) is 0 Å². The third kappa shape index (κ3) is 1.76. The highest BCUT2D eigenvalue weighted by Gasteiger charge is 2.17. The van der Waals surface area contributed by atoms with Gasteiger partial charge in [0.15, 0.2) is 0 Å². The fraction of sp³-hybridized carbons (Fsp3) is 0.333. The standard InChI is InChI=1S/C15H16ClNO/c1-10-5-7-18-8-6-14-15(10)12-9-11(16)3-4-13(12)17(14)2/h3-5,9H,6-8H2,1-2H3/b10-5-. The number of benzene rings is 1. The van der Waals surface area contributed by atoms with Crippen molar-refractivity contribution in [2.75, 3.05) is 13.2 Å². The van der Waals surface area contributed by atoms with Gasteiger partial charge in [-0.2, -0.15) is 0 Å². The average molecular weight is 262 g/mol. The van der Waals surface area contributed by atoms with Gasteiger partial charge in [0.1, 0.15) is 0 Å². The quantitative estimate of drug-likeness (QED) is 0.703. The normalized spacial score (nSPS) is 18.9. The van der Waals surface area contributed by atoms with E-state index in [4.69, 9.17) is 16.3 Å². The Balaban J connectivity index is 2.38. The first-order valence-corrected chi connectivity index (χ1v) is 6.58. The molecule has 18 heavy (non-hydrogen) atoms. The zero-order valence-corrected chi connectivity index (χ0v) is 11.4. The van der Waals surface area contributed by atoms with Crippen molar-refractivity contribution in [1.82, 2.24) is 4.57 Å². The van der Waals surface area contributed by atoms with Crippen molar-refractivity contribution in [3.8, 4) is 0 Å². The van der Waals surface area contributed by atoms with Crippen LogP contribution in [0.2, 0.25) is 5.02 Å². The molecule has 94 valence electrons. The summed E-state index contributed by atoms with van der Waals surface area (Å²) in [6, 6.07) is 6.11. The minimum absolute atomic E-state index is 0.697. The first-order valence-electron chi connectivity index (χ1n) is 6.20. The number of aryl methyl sites for hydroxylation is 1. The molecule has 3 heteroatoms. The number of ether oxygens (including phenoxy) is 1. The molecule has 1 aliphatic heterocycles. The second kappa shape index (κ2) is 4.45. The van der Waals surface area contributed by atoms with Crippen molar-refractivity contribution in [1.29, 1.82) is 0 Å². The minimum Gasteiger partial charge on any atom is -0.377 e. The fourth-order valence-electron chi connectivity index (χ4n) is 2.74. The first kappa shape index (κ1) is 11.8. The van der Waals surface area contributed by atoms with E-state index >= 15 is 0 Å². The third-order valence-electron chi connectivity index (χ3n) is 3.67. The Hall–Kier alpha value is -1.25. The molecule has 3 rings (SSSR count). The predicted molar refractivity (Wildman–Crippen MR) is 76.1 cm³/mol. The first-order chi connectivity index (χ1) is 8.68. The van der Waals surface area contributed by atoms with Gasteiger partial charge in [-0.3, -0.25) is 0 Å². The van der Waals surface area contributed by atoms with Crippen molar-refractivity contribution in [3.63, 3.8) is 0 Å². The van der Waals surface area contributed by atoms with Crippen LogP contribution in [-0.4, -0.2) is 17.8 Å². The average Bonchev–Trinajstić information content (AvgIpc) is 2.58. The number of allylic oxidation sites excluding steroid dienone is 1. The van der Waals surface area contributed by atoms with Gasteiger partial charge in [0, 0.05) is 40.7 Å². The maximum Gasteiger partial charge on any atom is 0.0653 e. The van der Waals surface area contributed by atoms with Gasteiger partial charge in [-0.05, 0) is 30.7 Å². The van der Waals surface area contributed by atoms with Gasteiger partial charge in [-0.25, -0.2) is 0 Å². The van der Waals surface area contributed by atoms with Crippen LogP contribution in [-0.2, 0) is 18.2 Å². The van der Waals surface area contributed by atoms with Gasteiger partial charge in [0.2, 0.25) is 0 Å². The molecule has 0 saturated heterocycles. The number of fused-ring (bicyclic) bond motifs is 3. The Labute approximate surface area is 112 Å². The monoisotopic (exact) mass is 261 g/mol. The van der Waals surface area contributed by atoms with E-state index in [9.17, 15) is 0 Å². The lowest BCUT2D eigenvalue weighted by Crippen LogP contribution is -2.07. The molecule has 1 aliphatic rings. The lowest BCUT2D eigenvalue weighted by Gasteiger charge is -2.12. The van der Waals surface area contributed by atoms with Crippen molar-refractivity contribution >= 4 is 28.1 Å². The summed E-state index contributed by atoms with van der Waals surface area (Å²) < 4.78 is 7.82. The molecule has 0 spiro atoms. The molecular formula is C15H16ClNO. The van der Waals surface area contributed by atoms with Gasteiger partial charge in [-0.1, -0.05) is 17.7 Å². The summed E-state index contributed by atoms with van der Waals surface area (Å²) in [6.45, 7) is 3.62. The molecule has 2 aromatic rings. The van der Waals surface area contributed by atoms with E-state index < -0.39 is 0 Å². The molecule has 0 unspecified atom stereocenters. The maximum absolute atomic E-state index is 6.14. The molecule has 0 bridgehead atoms. The number of hydrogen-bond acceptors (Lipinski definition) is 1. The van der Waals surface area contributed by atoms with Crippen LogP contribution >= 0.6 is 11.6 Å². The van der Waals surface area contributed by atoms with E-state index in [1.807, 2.05) is 6.07 Å². The van der Waals surface area contributed by atoms with Crippen molar-refractivity contribution < 1.29 is 4.74 Å². The number of halogens is 1. The fourth-order valence-corrected chi connectivity index (χ4v) is 2.91. The zero-order valence-electron chi connectivity index (χ0n) is 10.7. The Bertz CT molecular complexity index is 639. The van der Waals surface area contributed by atoms with E-state index in [1.54, 1.807) is 0 Å². The molecule has 1 aromatic heterocycles. The van der Waals surface area contributed by atoms with Gasteiger partial charge in [0.25, 0.3) is 0 Å². The number of aromatic nitrogens is 1. The van der Waals surface area contributed by atoms with Crippen LogP contribution in [0.5, 0.6) is 0 Å². The van der Waals surface area contributed by atoms with E-state index in [0.717, 1.165) is 18.1 Å². The summed E-state index contributed by atoms with van der Waals surface area (Å²) in [5, 5.41) is 2.04. The van der Waals surface area contributed by atoms with Crippen LogP contribution in [0, 0.1) is 0 Å². The molecule has 0 N–H and O–H groups in total. The lowest BCUT2D eigenvalue weighted by atomic mass is 10.0. The molecule has 0 radical (unpaired) electrons. The van der Waals surface area contributed by atoms with Crippen LogP contribution in [0.25, 0.3) is 16.5 Å². The Kier molecular flexibility index (Phi) is 2.92. The summed E-state index contributed by atoms with van der Waals surface area (Å²) in [5.74, 6) is 0. The molecule has 0 aliphatic carbocycles. The Morgan fingerprint density at radius 2 is 2.17 bits per heavy atom. The molecule has 2 heterocycles. The van der Waals surface area contributed by atoms with Gasteiger partial charge >= 0.3 is 0 Å². The van der Waals surface area contributed by atoms with E-state index in [0.29, 0.717) is 6.61 Å². The van der Waals surface area contributed by atoms with Crippen LogP contribution in [0.15, 0.2) is 24.3 Å².